The summed E-state index contributed by atoms with van der Waals surface area (Å²) < 4.78 is 0. The molecule has 2 aliphatic rings. The first-order chi connectivity index (χ1) is 14.7. The van der Waals surface area contributed by atoms with E-state index in [4.69, 9.17) is 4.99 Å². The standard InChI is InChI=1S/C24H26N6/c1-18-16-27-24(29-23(18)21(15-25)22-9-5-6-12-26-22)28-20-10-13-30(14-11-20)17-19-7-3-2-4-8-19/h2-9,12,16,20H,10-11,13-14,17H2,1H3,(H2,27,28,29)/b23-21+. The molecular formula is C24H26N6. The lowest BCUT2D eigenvalue weighted by Gasteiger charge is -2.31. The van der Waals surface area contributed by atoms with Crippen LogP contribution in [0.3, 0.4) is 0 Å². The summed E-state index contributed by atoms with van der Waals surface area (Å²) in [5.41, 5.74) is 4.25. The van der Waals surface area contributed by atoms with E-state index in [-0.39, 0.29) is 6.04 Å². The second-order valence-corrected chi connectivity index (χ2v) is 7.64. The van der Waals surface area contributed by atoms with Crippen LogP contribution in [0.2, 0.25) is 0 Å². The Morgan fingerprint density at radius 3 is 2.63 bits per heavy atom. The van der Waals surface area contributed by atoms with Gasteiger partial charge >= 0.3 is 0 Å². The molecule has 2 aromatic rings. The van der Waals surface area contributed by atoms with Crippen molar-refractivity contribution >= 4 is 11.5 Å². The van der Waals surface area contributed by atoms with E-state index in [1.165, 1.54) is 5.56 Å². The number of hydrogen-bond donors (Lipinski definition) is 2. The van der Waals surface area contributed by atoms with Crippen molar-refractivity contribution in [3.8, 4) is 6.07 Å². The van der Waals surface area contributed by atoms with E-state index in [2.05, 4.69) is 56.9 Å². The van der Waals surface area contributed by atoms with Crippen molar-refractivity contribution in [2.45, 2.75) is 32.4 Å². The summed E-state index contributed by atoms with van der Waals surface area (Å²) in [5.74, 6) is 0.695. The van der Waals surface area contributed by atoms with Crippen molar-refractivity contribution in [2.75, 3.05) is 13.1 Å². The largest absolute Gasteiger partial charge is 0.332 e. The van der Waals surface area contributed by atoms with E-state index in [9.17, 15) is 5.26 Å². The maximum Gasteiger partial charge on any atom is 0.200 e. The van der Waals surface area contributed by atoms with Gasteiger partial charge in [-0.15, -0.1) is 0 Å². The minimum absolute atomic E-state index is 0.264. The van der Waals surface area contributed by atoms with Crippen LogP contribution in [0.1, 0.15) is 31.0 Å². The minimum Gasteiger partial charge on any atom is -0.332 e. The summed E-state index contributed by atoms with van der Waals surface area (Å²) in [6.45, 7) is 5.02. The van der Waals surface area contributed by atoms with Gasteiger partial charge in [-0.2, -0.15) is 5.26 Å². The first-order valence-electron chi connectivity index (χ1n) is 10.3. The summed E-state index contributed by atoms with van der Waals surface area (Å²) in [4.78, 5) is 11.7. The predicted octanol–water partition coefficient (Wildman–Crippen LogP) is 3.43. The molecule has 6 heteroatoms. The van der Waals surface area contributed by atoms with Crippen LogP contribution in [0.5, 0.6) is 0 Å². The minimum atomic E-state index is 0.264. The fourth-order valence-corrected chi connectivity index (χ4v) is 3.81. The normalized spacial score (nSPS) is 20.7. The summed E-state index contributed by atoms with van der Waals surface area (Å²) >= 11 is 0. The number of nitrogens with zero attached hydrogens (tertiary/aromatic N) is 4. The molecule has 152 valence electrons. The zero-order chi connectivity index (χ0) is 20.8. The molecule has 0 bridgehead atoms. The Balaban J connectivity index is 1.43. The summed E-state index contributed by atoms with van der Waals surface area (Å²) in [6.07, 6.45) is 5.64. The van der Waals surface area contributed by atoms with Gasteiger partial charge in [0.1, 0.15) is 11.6 Å². The van der Waals surface area contributed by atoms with Crippen LogP contribution in [0, 0.1) is 11.3 Å². The van der Waals surface area contributed by atoms with Gasteiger partial charge in [-0.1, -0.05) is 36.4 Å². The average Bonchev–Trinajstić information content (AvgIpc) is 2.79. The van der Waals surface area contributed by atoms with E-state index in [0.717, 1.165) is 43.7 Å². The fourth-order valence-electron chi connectivity index (χ4n) is 3.81. The zero-order valence-electron chi connectivity index (χ0n) is 17.2. The van der Waals surface area contributed by atoms with Crippen LogP contribution in [-0.4, -0.2) is 35.0 Å². The van der Waals surface area contributed by atoms with Crippen LogP contribution in [0.25, 0.3) is 5.57 Å². The van der Waals surface area contributed by atoms with Gasteiger partial charge in [0.2, 0.25) is 0 Å². The van der Waals surface area contributed by atoms with Crippen molar-refractivity contribution in [1.82, 2.24) is 20.5 Å². The van der Waals surface area contributed by atoms with Crippen molar-refractivity contribution in [1.29, 1.82) is 5.26 Å². The van der Waals surface area contributed by atoms with Gasteiger partial charge < -0.3 is 10.6 Å². The number of hydrogen-bond acceptors (Lipinski definition) is 4. The van der Waals surface area contributed by atoms with Gasteiger partial charge in [0, 0.05) is 32.0 Å². The molecule has 6 nitrogen and oxygen atoms in total. The first-order valence-corrected chi connectivity index (χ1v) is 10.3. The van der Waals surface area contributed by atoms with Gasteiger partial charge in [0.05, 0.1) is 17.4 Å². The lowest BCUT2D eigenvalue weighted by atomic mass is 10.0. The molecule has 0 atom stereocenters. The molecule has 1 saturated heterocycles. The van der Waals surface area contributed by atoms with Crippen molar-refractivity contribution in [2.24, 2.45) is 4.99 Å². The second kappa shape index (κ2) is 9.38. The van der Waals surface area contributed by atoms with E-state index >= 15 is 0 Å². The smallest absolute Gasteiger partial charge is 0.200 e. The average molecular weight is 399 g/mol. The predicted molar refractivity (Wildman–Crippen MR) is 119 cm³/mol. The molecule has 2 aliphatic heterocycles. The van der Waals surface area contributed by atoms with Gasteiger partial charge in [0.25, 0.3) is 0 Å². The van der Waals surface area contributed by atoms with E-state index in [0.29, 0.717) is 17.2 Å². The Kier molecular flexibility index (Phi) is 6.21. The molecule has 1 aromatic carbocycles. The number of nitrogens with one attached hydrogen (secondary N) is 2. The molecule has 0 spiro atoms. The Labute approximate surface area is 177 Å². The topological polar surface area (TPSA) is 76.3 Å². The molecule has 30 heavy (non-hydrogen) atoms. The van der Waals surface area contributed by atoms with E-state index in [1.54, 1.807) is 6.20 Å². The van der Waals surface area contributed by atoms with Gasteiger partial charge in [-0.05, 0) is 43.0 Å². The molecule has 0 amide bonds. The molecule has 3 heterocycles. The second-order valence-electron chi connectivity index (χ2n) is 7.64. The number of rotatable bonds is 4. The Morgan fingerprint density at radius 2 is 1.93 bits per heavy atom. The van der Waals surface area contributed by atoms with Crippen LogP contribution < -0.4 is 10.6 Å². The number of benzene rings is 1. The number of likely N-dealkylation sites (tertiary alicyclic amines) is 1. The third kappa shape index (κ3) is 4.76. The number of guanidine groups is 1. The molecule has 1 aromatic heterocycles. The van der Waals surface area contributed by atoms with Crippen LogP contribution in [0.4, 0.5) is 0 Å². The highest BCUT2D eigenvalue weighted by Gasteiger charge is 2.22. The molecular weight excluding hydrogens is 372 g/mol. The first kappa shape index (κ1) is 19.9. The van der Waals surface area contributed by atoms with Gasteiger partial charge in [0.15, 0.2) is 5.96 Å². The number of piperidine rings is 1. The highest BCUT2D eigenvalue weighted by atomic mass is 15.2. The Bertz CT molecular complexity index is 993. The number of nitriles is 1. The SMILES string of the molecule is CC1=CNC(=NC2CCN(Cc3ccccc3)CC2)N/C1=C(\C#N)c1ccccn1. The number of allylic oxidation sites excluding steroid dienone is 2. The monoisotopic (exact) mass is 398 g/mol. The number of aliphatic imine (C=N–C) groups is 1. The lowest BCUT2D eigenvalue weighted by molar-refractivity contribution is 0.206. The number of aromatic nitrogens is 1. The highest BCUT2D eigenvalue weighted by molar-refractivity contribution is 5.90. The molecule has 0 saturated carbocycles. The van der Waals surface area contributed by atoms with Crippen molar-refractivity contribution in [3.05, 3.63) is 83.5 Å². The molecule has 2 N–H and O–H groups in total. The van der Waals surface area contributed by atoms with Crippen molar-refractivity contribution in [3.63, 3.8) is 0 Å². The number of pyridine rings is 1. The maximum absolute atomic E-state index is 9.73. The van der Waals surface area contributed by atoms with Crippen molar-refractivity contribution < 1.29 is 0 Å². The van der Waals surface area contributed by atoms with Crippen LogP contribution >= 0.6 is 0 Å². The molecule has 0 aliphatic carbocycles. The molecule has 0 radical (unpaired) electrons. The summed E-state index contributed by atoms with van der Waals surface area (Å²) in [6, 6.07) is 18.7. The van der Waals surface area contributed by atoms with Crippen LogP contribution in [-0.2, 0) is 6.54 Å². The van der Waals surface area contributed by atoms with E-state index in [1.807, 2.05) is 31.3 Å². The summed E-state index contributed by atoms with van der Waals surface area (Å²) in [5, 5.41) is 16.3. The van der Waals surface area contributed by atoms with Gasteiger partial charge in [-0.25, -0.2) is 4.99 Å². The molecule has 4 rings (SSSR count). The molecule has 1 fully saturated rings. The third-order valence-electron chi connectivity index (χ3n) is 5.46. The van der Waals surface area contributed by atoms with Gasteiger partial charge in [-0.3, -0.25) is 9.88 Å². The van der Waals surface area contributed by atoms with Crippen LogP contribution in [0.15, 0.2) is 77.2 Å². The molecule has 0 unspecified atom stereocenters. The summed E-state index contributed by atoms with van der Waals surface area (Å²) in [7, 11) is 0. The third-order valence-corrected chi connectivity index (χ3v) is 5.46. The van der Waals surface area contributed by atoms with E-state index < -0.39 is 0 Å². The Hall–Kier alpha value is -3.43. The maximum atomic E-state index is 9.73. The lowest BCUT2D eigenvalue weighted by Crippen LogP contribution is -2.41. The highest BCUT2D eigenvalue weighted by Crippen LogP contribution is 2.22. The Morgan fingerprint density at radius 1 is 1.17 bits per heavy atom. The quantitative estimate of drug-likeness (QED) is 0.772. The zero-order valence-corrected chi connectivity index (χ0v) is 17.2. The fraction of sp³-hybridized carbons (Fsp3) is 0.292.